The van der Waals surface area contributed by atoms with Gasteiger partial charge in [-0.05, 0) is 49.4 Å². The third-order valence-corrected chi connectivity index (χ3v) is 3.89. The van der Waals surface area contributed by atoms with E-state index in [0.717, 1.165) is 11.4 Å². The van der Waals surface area contributed by atoms with E-state index in [2.05, 4.69) is 20.6 Å². The average Bonchev–Trinajstić information content (AvgIpc) is 2.75. The molecule has 0 aliphatic carbocycles. The molecule has 2 N–H and O–H groups in total. The van der Waals surface area contributed by atoms with E-state index in [-0.39, 0.29) is 17.2 Å². The molecule has 148 valence electrons. The zero-order valence-electron chi connectivity index (χ0n) is 16.0. The molecule has 3 rings (SSSR count). The normalized spacial score (nSPS) is 10.1. The second-order valence-corrected chi connectivity index (χ2v) is 5.84. The van der Waals surface area contributed by atoms with Crippen molar-refractivity contribution in [3.8, 4) is 5.75 Å². The molecular weight excluding hydrogens is 372 g/mol. The van der Waals surface area contributed by atoms with Gasteiger partial charge < -0.3 is 20.1 Å². The molecule has 0 saturated carbocycles. The van der Waals surface area contributed by atoms with Crippen LogP contribution in [0.5, 0.6) is 5.75 Å². The highest BCUT2D eigenvalue weighted by Gasteiger charge is 2.15. The first kappa shape index (κ1) is 19.8. The van der Waals surface area contributed by atoms with Gasteiger partial charge in [0.25, 0.3) is 5.91 Å². The van der Waals surface area contributed by atoms with E-state index in [1.165, 1.54) is 19.4 Å². The summed E-state index contributed by atoms with van der Waals surface area (Å²) in [6.45, 7) is 2.51. The molecule has 2 aromatic carbocycles. The maximum atomic E-state index is 12.6. The number of hydrogen-bond acceptors (Lipinski definition) is 7. The van der Waals surface area contributed by atoms with Crippen LogP contribution in [0, 0.1) is 0 Å². The summed E-state index contributed by atoms with van der Waals surface area (Å²) in [4.78, 5) is 32.8. The van der Waals surface area contributed by atoms with Crippen molar-refractivity contribution in [2.75, 3.05) is 24.4 Å². The molecule has 0 fully saturated rings. The Morgan fingerprint density at radius 3 is 2.52 bits per heavy atom. The summed E-state index contributed by atoms with van der Waals surface area (Å²) in [5.74, 6) is 0.0133. The van der Waals surface area contributed by atoms with Crippen LogP contribution in [-0.2, 0) is 4.74 Å². The van der Waals surface area contributed by atoms with E-state index in [9.17, 15) is 9.59 Å². The topological polar surface area (TPSA) is 102 Å². The van der Waals surface area contributed by atoms with Crippen molar-refractivity contribution >= 4 is 29.2 Å². The number of carbonyl (C=O) groups excluding carboxylic acids is 2. The van der Waals surface area contributed by atoms with E-state index in [4.69, 9.17) is 9.47 Å². The highest BCUT2D eigenvalue weighted by molar-refractivity contribution is 6.07. The number of carbonyl (C=O) groups is 2. The number of hydrogen-bond donors (Lipinski definition) is 2. The fraction of sp³-hybridized carbons (Fsp3) is 0.143. The van der Waals surface area contributed by atoms with Gasteiger partial charge in [0.1, 0.15) is 11.4 Å². The van der Waals surface area contributed by atoms with Gasteiger partial charge in [-0.1, -0.05) is 12.1 Å². The molecule has 0 bridgehead atoms. The quantitative estimate of drug-likeness (QED) is 0.592. The monoisotopic (exact) mass is 392 g/mol. The van der Waals surface area contributed by atoms with Gasteiger partial charge in [-0.2, -0.15) is 0 Å². The zero-order valence-corrected chi connectivity index (χ0v) is 16.0. The van der Waals surface area contributed by atoms with Crippen molar-refractivity contribution in [2.24, 2.45) is 0 Å². The van der Waals surface area contributed by atoms with Crippen LogP contribution in [0.15, 0.2) is 60.8 Å². The molecule has 0 spiro atoms. The van der Waals surface area contributed by atoms with Gasteiger partial charge in [0.05, 0.1) is 25.0 Å². The summed E-state index contributed by atoms with van der Waals surface area (Å²) < 4.78 is 10.1. The fourth-order valence-electron chi connectivity index (χ4n) is 2.54. The van der Waals surface area contributed by atoms with E-state index in [1.54, 1.807) is 24.3 Å². The van der Waals surface area contributed by atoms with Crippen molar-refractivity contribution in [1.29, 1.82) is 0 Å². The summed E-state index contributed by atoms with van der Waals surface area (Å²) in [6.07, 6.45) is 1.48. The third kappa shape index (κ3) is 5.07. The Hall–Kier alpha value is -3.94. The Balaban J connectivity index is 1.74. The number of rotatable bonds is 7. The SMILES string of the molecule is CCOc1ccc(Nc2nccc(C(=O)Nc3ccccc3C(=O)OC)n2)cc1. The minimum absolute atomic E-state index is 0.146. The van der Waals surface area contributed by atoms with Crippen molar-refractivity contribution < 1.29 is 19.1 Å². The van der Waals surface area contributed by atoms with Crippen LogP contribution in [0.3, 0.4) is 0 Å². The van der Waals surface area contributed by atoms with Crippen LogP contribution in [0.25, 0.3) is 0 Å². The van der Waals surface area contributed by atoms with Crippen molar-refractivity contribution in [3.05, 3.63) is 72.1 Å². The van der Waals surface area contributed by atoms with E-state index in [1.807, 2.05) is 31.2 Å². The summed E-state index contributed by atoms with van der Waals surface area (Å²) in [5, 5.41) is 5.72. The van der Waals surface area contributed by atoms with Crippen LogP contribution >= 0.6 is 0 Å². The van der Waals surface area contributed by atoms with Gasteiger partial charge in [-0.3, -0.25) is 4.79 Å². The van der Waals surface area contributed by atoms with Crippen molar-refractivity contribution in [3.63, 3.8) is 0 Å². The van der Waals surface area contributed by atoms with E-state index >= 15 is 0 Å². The van der Waals surface area contributed by atoms with Crippen LogP contribution in [0.1, 0.15) is 27.8 Å². The van der Waals surface area contributed by atoms with Crippen LogP contribution in [0.4, 0.5) is 17.3 Å². The Morgan fingerprint density at radius 2 is 1.79 bits per heavy atom. The summed E-state index contributed by atoms with van der Waals surface area (Å²) in [5.41, 5.74) is 1.49. The molecule has 0 aliphatic heterocycles. The molecule has 0 aliphatic rings. The first-order chi connectivity index (χ1) is 14.1. The van der Waals surface area contributed by atoms with E-state index in [0.29, 0.717) is 12.3 Å². The lowest BCUT2D eigenvalue weighted by molar-refractivity contribution is 0.0602. The largest absolute Gasteiger partial charge is 0.494 e. The molecule has 1 heterocycles. The smallest absolute Gasteiger partial charge is 0.339 e. The predicted molar refractivity (Wildman–Crippen MR) is 109 cm³/mol. The van der Waals surface area contributed by atoms with Gasteiger partial charge in [-0.15, -0.1) is 0 Å². The predicted octanol–water partition coefficient (Wildman–Crippen LogP) is 3.66. The second kappa shape index (κ2) is 9.32. The number of nitrogens with zero attached hydrogens (tertiary/aromatic N) is 2. The number of benzene rings is 2. The average molecular weight is 392 g/mol. The molecule has 3 aromatic rings. The lowest BCUT2D eigenvalue weighted by Crippen LogP contribution is -2.17. The second-order valence-electron chi connectivity index (χ2n) is 5.84. The van der Waals surface area contributed by atoms with Gasteiger partial charge in [0.15, 0.2) is 0 Å². The van der Waals surface area contributed by atoms with Crippen molar-refractivity contribution in [2.45, 2.75) is 6.92 Å². The van der Waals surface area contributed by atoms with Crippen LogP contribution in [0.2, 0.25) is 0 Å². The molecule has 8 nitrogen and oxygen atoms in total. The molecule has 1 amide bonds. The number of para-hydroxylation sites is 1. The maximum Gasteiger partial charge on any atom is 0.339 e. The van der Waals surface area contributed by atoms with Gasteiger partial charge in [0.2, 0.25) is 5.95 Å². The number of nitrogens with one attached hydrogen (secondary N) is 2. The first-order valence-electron chi connectivity index (χ1n) is 8.92. The highest BCUT2D eigenvalue weighted by atomic mass is 16.5. The molecule has 29 heavy (non-hydrogen) atoms. The van der Waals surface area contributed by atoms with Gasteiger partial charge in [0, 0.05) is 11.9 Å². The van der Waals surface area contributed by atoms with Crippen LogP contribution < -0.4 is 15.4 Å². The summed E-state index contributed by atoms with van der Waals surface area (Å²) in [6, 6.07) is 15.4. The highest BCUT2D eigenvalue weighted by Crippen LogP contribution is 2.19. The summed E-state index contributed by atoms with van der Waals surface area (Å²) >= 11 is 0. The number of anilines is 3. The Morgan fingerprint density at radius 1 is 1.03 bits per heavy atom. The lowest BCUT2D eigenvalue weighted by Gasteiger charge is -2.10. The number of methoxy groups -OCH3 is 1. The first-order valence-corrected chi connectivity index (χ1v) is 8.92. The number of ether oxygens (including phenoxy) is 2. The molecule has 0 radical (unpaired) electrons. The molecule has 0 saturated heterocycles. The Labute approximate surface area is 167 Å². The molecule has 0 unspecified atom stereocenters. The van der Waals surface area contributed by atoms with Crippen molar-refractivity contribution in [1.82, 2.24) is 9.97 Å². The van der Waals surface area contributed by atoms with Gasteiger partial charge >= 0.3 is 5.97 Å². The minimum atomic E-state index is -0.540. The molecule has 0 atom stereocenters. The van der Waals surface area contributed by atoms with Crippen LogP contribution in [-0.4, -0.2) is 35.6 Å². The standard InChI is InChI=1S/C21H20N4O4/c1-3-29-15-10-8-14(9-11-15)23-21-22-13-12-18(25-21)19(26)24-17-7-5-4-6-16(17)20(27)28-2/h4-13H,3H2,1-2H3,(H,24,26)(H,22,23,25). The Kier molecular flexibility index (Phi) is 6.36. The molecular formula is C21H20N4O4. The number of esters is 1. The maximum absolute atomic E-state index is 12.6. The number of amides is 1. The van der Waals surface area contributed by atoms with Gasteiger partial charge in [-0.25, -0.2) is 14.8 Å². The Bertz CT molecular complexity index is 1010. The van der Waals surface area contributed by atoms with E-state index < -0.39 is 11.9 Å². The molecule has 1 aromatic heterocycles. The lowest BCUT2D eigenvalue weighted by atomic mass is 10.1. The molecule has 8 heteroatoms. The number of aromatic nitrogens is 2. The third-order valence-electron chi connectivity index (χ3n) is 3.89. The minimum Gasteiger partial charge on any atom is -0.494 e. The fourth-order valence-corrected chi connectivity index (χ4v) is 2.54. The summed E-state index contributed by atoms with van der Waals surface area (Å²) in [7, 11) is 1.28. The zero-order chi connectivity index (χ0) is 20.6.